The van der Waals surface area contributed by atoms with E-state index in [1.807, 2.05) is 18.2 Å². The van der Waals surface area contributed by atoms with Gasteiger partial charge in [0.15, 0.2) is 0 Å². The Kier molecular flexibility index (Phi) is 2.46. The van der Waals surface area contributed by atoms with Crippen molar-refractivity contribution in [1.29, 1.82) is 0 Å². The molecule has 0 amide bonds. The van der Waals surface area contributed by atoms with Crippen molar-refractivity contribution in [1.82, 2.24) is 4.98 Å². The van der Waals surface area contributed by atoms with E-state index in [1.54, 1.807) is 6.07 Å². The number of nitrogens with zero attached hydrogens (tertiary/aromatic N) is 1. The van der Waals surface area contributed by atoms with Crippen molar-refractivity contribution in [2.24, 2.45) is 0 Å². The third kappa shape index (κ3) is 1.75. The molecular weight excluding hydrogens is 201 g/mol. The molecule has 0 aliphatic carbocycles. The fraction of sp³-hybridized carbons (Fsp3) is 0. The maximum atomic E-state index is 12.9. The summed E-state index contributed by atoms with van der Waals surface area (Å²) >= 11 is 5.95. The molecule has 1 heterocycles. The molecular formula is C11H7ClFN. The highest BCUT2D eigenvalue weighted by Gasteiger charge is 2.03. The minimum Gasteiger partial charge on any atom is -0.256 e. The van der Waals surface area contributed by atoms with Gasteiger partial charge in [-0.2, -0.15) is 0 Å². The summed E-state index contributed by atoms with van der Waals surface area (Å²) in [5.41, 5.74) is 1.30. The molecule has 2 rings (SSSR count). The summed E-state index contributed by atoms with van der Waals surface area (Å²) in [5.74, 6) is -0.310. The van der Waals surface area contributed by atoms with Gasteiger partial charge < -0.3 is 0 Å². The first kappa shape index (κ1) is 9.16. The van der Waals surface area contributed by atoms with Crippen molar-refractivity contribution < 1.29 is 4.39 Å². The Morgan fingerprint density at radius 1 is 1.14 bits per heavy atom. The summed E-state index contributed by atoms with van der Waals surface area (Å²) < 4.78 is 12.9. The van der Waals surface area contributed by atoms with Crippen molar-refractivity contribution in [3.05, 3.63) is 53.4 Å². The number of rotatable bonds is 1. The maximum Gasteiger partial charge on any atom is 0.126 e. The van der Waals surface area contributed by atoms with Crippen molar-refractivity contribution >= 4 is 11.6 Å². The summed E-state index contributed by atoms with van der Waals surface area (Å²) in [6.45, 7) is 0. The molecule has 1 nitrogen and oxygen atoms in total. The number of pyridine rings is 1. The van der Waals surface area contributed by atoms with E-state index in [-0.39, 0.29) is 5.82 Å². The van der Waals surface area contributed by atoms with Crippen molar-refractivity contribution in [3.8, 4) is 11.3 Å². The van der Waals surface area contributed by atoms with Gasteiger partial charge >= 0.3 is 0 Å². The Morgan fingerprint density at radius 2 is 1.93 bits per heavy atom. The zero-order valence-electron chi connectivity index (χ0n) is 7.24. The number of halogens is 2. The van der Waals surface area contributed by atoms with Crippen LogP contribution < -0.4 is 0 Å². The predicted molar refractivity (Wildman–Crippen MR) is 54.6 cm³/mol. The van der Waals surface area contributed by atoms with Gasteiger partial charge in [-0.25, -0.2) is 4.39 Å². The molecule has 0 unspecified atom stereocenters. The number of aromatic nitrogens is 1. The molecule has 0 fully saturated rings. The van der Waals surface area contributed by atoms with Crippen LogP contribution >= 0.6 is 11.6 Å². The first-order chi connectivity index (χ1) is 6.77. The van der Waals surface area contributed by atoms with Gasteiger partial charge in [-0.3, -0.25) is 4.98 Å². The Bertz CT molecular complexity index is 457. The zero-order valence-corrected chi connectivity index (χ0v) is 8.00. The monoisotopic (exact) mass is 207 g/mol. The van der Waals surface area contributed by atoms with E-state index in [9.17, 15) is 4.39 Å². The van der Waals surface area contributed by atoms with E-state index in [0.29, 0.717) is 10.7 Å². The van der Waals surface area contributed by atoms with Crippen molar-refractivity contribution in [2.75, 3.05) is 0 Å². The first-order valence-corrected chi connectivity index (χ1v) is 4.51. The largest absolute Gasteiger partial charge is 0.256 e. The average molecular weight is 208 g/mol. The number of hydrogen-bond acceptors (Lipinski definition) is 1. The summed E-state index contributed by atoms with van der Waals surface area (Å²) in [6, 6.07) is 9.90. The van der Waals surface area contributed by atoms with Gasteiger partial charge in [0, 0.05) is 22.8 Å². The fourth-order valence-electron chi connectivity index (χ4n) is 1.22. The molecule has 0 radical (unpaired) electrons. The van der Waals surface area contributed by atoms with Gasteiger partial charge in [-0.05, 0) is 12.1 Å². The molecule has 3 heteroatoms. The van der Waals surface area contributed by atoms with Crippen LogP contribution in [0.3, 0.4) is 0 Å². The lowest BCUT2D eigenvalue weighted by molar-refractivity contribution is 0.626. The summed E-state index contributed by atoms with van der Waals surface area (Å²) in [5, 5.41) is 0.575. The molecule has 14 heavy (non-hydrogen) atoms. The van der Waals surface area contributed by atoms with E-state index in [0.717, 1.165) is 5.56 Å². The molecule has 0 spiro atoms. The van der Waals surface area contributed by atoms with Gasteiger partial charge in [0.1, 0.15) is 5.82 Å². The highest BCUT2D eigenvalue weighted by atomic mass is 35.5. The van der Waals surface area contributed by atoms with Crippen LogP contribution in [0.4, 0.5) is 4.39 Å². The molecule has 70 valence electrons. The summed E-state index contributed by atoms with van der Waals surface area (Å²) in [4.78, 5) is 4.05. The van der Waals surface area contributed by atoms with Crippen LogP contribution in [0.25, 0.3) is 11.3 Å². The minimum atomic E-state index is -0.310. The second kappa shape index (κ2) is 3.76. The maximum absolute atomic E-state index is 12.9. The van der Waals surface area contributed by atoms with E-state index in [1.165, 1.54) is 18.3 Å². The van der Waals surface area contributed by atoms with E-state index >= 15 is 0 Å². The molecule has 0 bridgehead atoms. The van der Waals surface area contributed by atoms with Crippen LogP contribution in [-0.4, -0.2) is 4.98 Å². The van der Waals surface area contributed by atoms with Gasteiger partial charge in [-0.15, -0.1) is 0 Å². The highest BCUT2D eigenvalue weighted by molar-refractivity contribution is 6.33. The van der Waals surface area contributed by atoms with Crippen LogP contribution in [0.15, 0.2) is 42.6 Å². The second-order valence-corrected chi connectivity index (χ2v) is 3.25. The highest BCUT2D eigenvalue weighted by Crippen LogP contribution is 2.25. The first-order valence-electron chi connectivity index (χ1n) is 4.14. The molecule has 0 atom stereocenters. The molecule has 0 saturated heterocycles. The standard InChI is InChI=1S/C11H7ClFN/c12-10-4-2-1-3-9(10)11-7-8(13)5-6-14-11/h1-7H. The van der Waals surface area contributed by atoms with Gasteiger partial charge in [0.2, 0.25) is 0 Å². The second-order valence-electron chi connectivity index (χ2n) is 2.84. The topological polar surface area (TPSA) is 12.9 Å². The van der Waals surface area contributed by atoms with Gasteiger partial charge in [0.25, 0.3) is 0 Å². The fourth-order valence-corrected chi connectivity index (χ4v) is 1.45. The van der Waals surface area contributed by atoms with Crippen molar-refractivity contribution in [2.45, 2.75) is 0 Å². The Hall–Kier alpha value is -1.41. The number of hydrogen-bond donors (Lipinski definition) is 0. The Morgan fingerprint density at radius 3 is 2.64 bits per heavy atom. The number of benzene rings is 1. The van der Waals surface area contributed by atoms with Gasteiger partial charge in [-0.1, -0.05) is 29.8 Å². The van der Waals surface area contributed by atoms with Crippen molar-refractivity contribution in [3.63, 3.8) is 0 Å². The smallest absolute Gasteiger partial charge is 0.126 e. The van der Waals surface area contributed by atoms with Crippen LogP contribution in [0.2, 0.25) is 5.02 Å². The predicted octanol–water partition coefficient (Wildman–Crippen LogP) is 3.54. The molecule has 1 aromatic carbocycles. The van der Waals surface area contributed by atoms with Crippen LogP contribution in [0.5, 0.6) is 0 Å². The summed E-state index contributed by atoms with van der Waals surface area (Å²) in [6.07, 6.45) is 1.42. The molecule has 0 N–H and O–H groups in total. The van der Waals surface area contributed by atoms with Crippen LogP contribution in [0.1, 0.15) is 0 Å². The average Bonchev–Trinajstić information content (AvgIpc) is 2.18. The minimum absolute atomic E-state index is 0.310. The zero-order chi connectivity index (χ0) is 9.97. The SMILES string of the molecule is Fc1ccnc(-c2ccccc2Cl)c1. The molecule has 0 aliphatic heterocycles. The third-order valence-corrected chi connectivity index (χ3v) is 2.20. The van der Waals surface area contributed by atoms with Crippen LogP contribution in [-0.2, 0) is 0 Å². The van der Waals surface area contributed by atoms with E-state index < -0.39 is 0 Å². The van der Waals surface area contributed by atoms with E-state index in [4.69, 9.17) is 11.6 Å². The third-order valence-electron chi connectivity index (χ3n) is 1.87. The molecule has 1 aromatic heterocycles. The summed E-state index contributed by atoms with van der Waals surface area (Å²) in [7, 11) is 0. The lowest BCUT2D eigenvalue weighted by atomic mass is 10.1. The lowest BCUT2D eigenvalue weighted by Crippen LogP contribution is -1.85. The van der Waals surface area contributed by atoms with Gasteiger partial charge in [0.05, 0.1) is 5.69 Å². The normalized spacial score (nSPS) is 10.1. The quantitative estimate of drug-likeness (QED) is 0.697. The van der Waals surface area contributed by atoms with Crippen LogP contribution in [0, 0.1) is 5.82 Å². The Balaban J connectivity index is 2.55. The lowest BCUT2D eigenvalue weighted by Gasteiger charge is -2.02. The molecule has 2 aromatic rings. The molecule has 0 aliphatic rings. The Labute approximate surface area is 86.2 Å². The molecule has 0 saturated carbocycles. The van der Waals surface area contributed by atoms with E-state index in [2.05, 4.69) is 4.98 Å².